The third-order valence-electron chi connectivity index (χ3n) is 3.10. The van der Waals surface area contributed by atoms with Crippen molar-refractivity contribution in [2.75, 3.05) is 13.2 Å². The van der Waals surface area contributed by atoms with Gasteiger partial charge in [-0.15, -0.1) is 0 Å². The van der Waals surface area contributed by atoms with Crippen molar-refractivity contribution in [3.8, 4) is 0 Å². The van der Waals surface area contributed by atoms with Crippen molar-refractivity contribution < 1.29 is 9.66 Å². The molecular weight excluding hydrogens is 338 g/mol. The van der Waals surface area contributed by atoms with Gasteiger partial charge in [0, 0.05) is 25.9 Å². The average Bonchev–Trinajstić information content (AvgIpc) is 2.46. The number of hydrogen-bond acceptors (Lipinski definition) is 7. The summed E-state index contributed by atoms with van der Waals surface area (Å²) in [6.07, 6.45) is 4.50. The van der Waals surface area contributed by atoms with Crippen LogP contribution in [0.3, 0.4) is 0 Å². The van der Waals surface area contributed by atoms with Crippen LogP contribution in [0.4, 0.5) is 5.69 Å². The van der Waals surface area contributed by atoms with Crippen molar-refractivity contribution in [2.24, 2.45) is 17.4 Å². The van der Waals surface area contributed by atoms with Gasteiger partial charge in [-0.2, -0.15) is 0 Å². The molecule has 10 heteroatoms. The second-order valence-corrected chi connectivity index (χ2v) is 6.02. The van der Waals surface area contributed by atoms with Crippen molar-refractivity contribution in [1.82, 2.24) is 9.97 Å². The van der Waals surface area contributed by atoms with E-state index in [0.29, 0.717) is 54.6 Å². The molecule has 1 unspecified atom stereocenters. The summed E-state index contributed by atoms with van der Waals surface area (Å²) in [7, 11) is 0. The molecule has 1 aromatic heterocycles. The lowest BCUT2D eigenvalue weighted by Crippen LogP contribution is -2.19. The second-order valence-electron chi connectivity index (χ2n) is 4.97. The molecule has 1 heterocycles. The summed E-state index contributed by atoms with van der Waals surface area (Å²) in [6.45, 7) is 0.914. The fraction of sp³-hybridized carbons (Fsp3) is 0.538. The number of nitro groups is 1. The predicted octanol–water partition coefficient (Wildman–Crippen LogP) is 1.30. The molecular formula is C13H19N5O3S2. The van der Waals surface area contributed by atoms with E-state index in [1.807, 2.05) is 0 Å². The Morgan fingerprint density at radius 2 is 2.09 bits per heavy atom. The number of hydrogen-bond donors (Lipinski definition) is 2. The average molecular weight is 357 g/mol. The Hall–Kier alpha value is -1.78. The van der Waals surface area contributed by atoms with Crippen LogP contribution in [-0.4, -0.2) is 38.1 Å². The standard InChI is InChI=1S/C13H19N5O3S2/c14-12(22)2-4-21-3-1-9(6-13(15)23)5-10-11(18(19)20)7-16-8-17-10/h7-9H,1-6H2,(H2,14,22)(H2,15,23). The van der Waals surface area contributed by atoms with Gasteiger partial charge < -0.3 is 16.2 Å². The van der Waals surface area contributed by atoms with E-state index in [4.69, 9.17) is 40.6 Å². The van der Waals surface area contributed by atoms with E-state index in [9.17, 15) is 10.1 Å². The van der Waals surface area contributed by atoms with Crippen LogP contribution in [0.15, 0.2) is 12.5 Å². The molecule has 0 aromatic carbocycles. The summed E-state index contributed by atoms with van der Waals surface area (Å²) in [6, 6.07) is 0. The van der Waals surface area contributed by atoms with E-state index in [0.717, 1.165) is 0 Å². The van der Waals surface area contributed by atoms with Crippen molar-refractivity contribution in [2.45, 2.75) is 25.7 Å². The Balaban J connectivity index is 2.62. The van der Waals surface area contributed by atoms with E-state index in [1.165, 1.54) is 12.5 Å². The second kappa shape index (κ2) is 10.1. The first-order chi connectivity index (χ1) is 10.9. The van der Waals surface area contributed by atoms with Gasteiger partial charge in [0.15, 0.2) is 0 Å². The van der Waals surface area contributed by atoms with Gasteiger partial charge in [-0.1, -0.05) is 24.4 Å². The summed E-state index contributed by atoms with van der Waals surface area (Å²) < 4.78 is 5.45. The maximum absolute atomic E-state index is 11.0. The van der Waals surface area contributed by atoms with Gasteiger partial charge in [-0.3, -0.25) is 10.1 Å². The highest BCUT2D eigenvalue weighted by Gasteiger charge is 2.20. The fourth-order valence-electron chi connectivity index (χ4n) is 2.02. The van der Waals surface area contributed by atoms with Gasteiger partial charge in [0.1, 0.15) is 18.2 Å². The number of ether oxygens (including phenoxy) is 1. The summed E-state index contributed by atoms with van der Waals surface area (Å²) in [5.41, 5.74) is 11.3. The zero-order valence-corrected chi connectivity index (χ0v) is 14.1. The Labute approximate surface area is 144 Å². The highest BCUT2D eigenvalue weighted by atomic mass is 32.1. The SMILES string of the molecule is NC(=S)CCOCCC(CC(N)=S)Cc1ncncc1[N+](=O)[O-]. The van der Waals surface area contributed by atoms with Gasteiger partial charge in [-0.05, 0) is 12.3 Å². The molecule has 8 nitrogen and oxygen atoms in total. The Morgan fingerprint density at radius 3 is 2.70 bits per heavy atom. The Morgan fingerprint density at radius 1 is 1.35 bits per heavy atom. The van der Waals surface area contributed by atoms with Crippen molar-refractivity contribution >= 4 is 40.1 Å². The minimum absolute atomic E-state index is 0.00549. The molecule has 1 rings (SSSR count). The summed E-state index contributed by atoms with van der Waals surface area (Å²) >= 11 is 9.71. The first-order valence-electron chi connectivity index (χ1n) is 6.97. The van der Waals surface area contributed by atoms with Crippen molar-refractivity contribution in [1.29, 1.82) is 0 Å². The monoisotopic (exact) mass is 357 g/mol. The first-order valence-corrected chi connectivity index (χ1v) is 7.79. The number of rotatable bonds is 11. The van der Waals surface area contributed by atoms with Crippen LogP contribution in [0, 0.1) is 16.0 Å². The molecule has 4 N–H and O–H groups in total. The van der Waals surface area contributed by atoms with Gasteiger partial charge in [0.2, 0.25) is 0 Å². The molecule has 0 spiro atoms. The van der Waals surface area contributed by atoms with Crippen LogP contribution >= 0.6 is 24.4 Å². The quantitative estimate of drug-likeness (QED) is 0.260. The summed E-state index contributed by atoms with van der Waals surface area (Å²) in [5, 5.41) is 11.0. The van der Waals surface area contributed by atoms with E-state index in [2.05, 4.69) is 9.97 Å². The molecule has 0 saturated carbocycles. The van der Waals surface area contributed by atoms with Crippen LogP contribution in [0.5, 0.6) is 0 Å². The molecule has 0 aliphatic rings. The Kier molecular flexibility index (Phi) is 8.45. The molecule has 23 heavy (non-hydrogen) atoms. The van der Waals surface area contributed by atoms with Crippen molar-refractivity contribution in [3.05, 3.63) is 28.3 Å². The van der Waals surface area contributed by atoms with Gasteiger partial charge in [0.05, 0.1) is 21.5 Å². The predicted molar refractivity (Wildman–Crippen MR) is 94.1 cm³/mol. The van der Waals surface area contributed by atoms with Crippen LogP contribution in [0.1, 0.15) is 25.0 Å². The van der Waals surface area contributed by atoms with Crippen LogP contribution in [-0.2, 0) is 11.2 Å². The minimum Gasteiger partial charge on any atom is -0.393 e. The maximum Gasteiger partial charge on any atom is 0.308 e. The van der Waals surface area contributed by atoms with Crippen molar-refractivity contribution in [3.63, 3.8) is 0 Å². The largest absolute Gasteiger partial charge is 0.393 e. The van der Waals surface area contributed by atoms with Crippen LogP contribution in [0.25, 0.3) is 0 Å². The molecule has 0 bridgehead atoms. The number of aromatic nitrogens is 2. The molecule has 0 fully saturated rings. The molecule has 0 radical (unpaired) electrons. The third-order valence-corrected chi connectivity index (χ3v) is 3.48. The van der Waals surface area contributed by atoms with Crippen LogP contribution in [0.2, 0.25) is 0 Å². The molecule has 1 aromatic rings. The molecule has 126 valence electrons. The molecule has 0 aliphatic carbocycles. The highest BCUT2D eigenvalue weighted by molar-refractivity contribution is 7.80. The molecule has 0 saturated heterocycles. The number of nitrogens with two attached hydrogens (primary N) is 2. The highest BCUT2D eigenvalue weighted by Crippen LogP contribution is 2.21. The normalized spacial score (nSPS) is 11.8. The van der Waals surface area contributed by atoms with Crippen LogP contribution < -0.4 is 11.5 Å². The summed E-state index contributed by atoms with van der Waals surface area (Å²) in [5.74, 6) is 0.00549. The maximum atomic E-state index is 11.0. The molecule has 0 aliphatic heterocycles. The lowest BCUT2D eigenvalue weighted by atomic mass is 9.95. The summed E-state index contributed by atoms with van der Waals surface area (Å²) in [4.78, 5) is 19.0. The fourth-order valence-corrected chi connectivity index (χ4v) is 2.34. The smallest absolute Gasteiger partial charge is 0.308 e. The van der Waals surface area contributed by atoms with Gasteiger partial charge in [0.25, 0.3) is 0 Å². The molecule has 1 atom stereocenters. The van der Waals surface area contributed by atoms with Gasteiger partial charge >= 0.3 is 5.69 Å². The van der Waals surface area contributed by atoms with E-state index >= 15 is 0 Å². The van der Waals surface area contributed by atoms with E-state index in [1.54, 1.807) is 0 Å². The van der Waals surface area contributed by atoms with E-state index < -0.39 is 4.92 Å². The van der Waals surface area contributed by atoms with E-state index in [-0.39, 0.29) is 11.6 Å². The lowest BCUT2D eigenvalue weighted by molar-refractivity contribution is -0.386. The van der Waals surface area contributed by atoms with Gasteiger partial charge in [-0.25, -0.2) is 9.97 Å². The number of nitrogens with zero attached hydrogens (tertiary/aromatic N) is 3. The number of thiocarbonyl (C=S) groups is 2. The third kappa shape index (κ3) is 7.86. The molecule has 0 amide bonds. The topological polar surface area (TPSA) is 130 Å². The minimum atomic E-state index is -0.494. The Bertz CT molecular complexity index is 570. The lowest BCUT2D eigenvalue weighted by Gasteiger charge is -2.15. The first kappa shape index (κ1) is 19.3. The zero-order chi connectivity index (χ0) is 17.2. The zero-order valence-electron chi connectivity index (χ0n) is 12.5.